The molecule has 0 spiro atoms. The van der Waals surface area contributed by atoms with E-state index >= 15 is 0 Å². The van der Waals surface area contributed by atoms with E-state index in [-0.39, 0.29) is 6.61 Å². The van der Waals surface area contributed by atoms with E-state index in [0.717, 1.165) is 6.42 Å². The van der Waals surface area contributed by atoms with Crippen molar-refractivity contribution >= 4 is 0 Å². The van der Waals surface area contributed by atoms with Crippen LogP contribution in [-0.4, -0.2) is 59.6 Å². The van der Waals surface area contributed by atoms with Crippen LogP contribution >= 0.6 is 0 Å². The van der Waals surface area contributed by atoms with Gasteiger partial charge in [-0.2, -0.15) is 0 Å². The summed E-state index contributed by atoms with van der Waals surface area (Å²) in [7, 11) is 0. The summed E-state index contributed by atoms with van der Waals surface area (Å²) in [5.74, 6) is 0. The molecular formula is C22H42O5. The molecule has 1 heterocycles. The Bertz CT molecular complexity index is 361. The van der Waals surface area contributed by atoms with Gasteiger partial charge >= 0.3 is 0 Å². The number of unbranched alkanes of at least 4 members (excludes halogenated alkanes) is 11. The molecule has 0 aromatic heterocycles. The molecule has 160 valence electrons. The molecule has 1 fully saturated rings. The van der Waals surface area contributed by atoms with Crippen molar-refractivity contribution in [1.82, 2.24) is 0 Å². The van der Waals surface area contributed by atoms with Crippen LogP contribution in [0, 0.1) is 0 Å². The van der Waals surface area contributed by atoms with E-state index in [1.54, 1.807) is 0 Å². The second-order valence-electron chi connectivity index (χ2n) is 7.71. The SMILES string of the molecule is CCCCCCCCCCCCC/C=C/CO[C@H]1[C@@H]([C@H](O)CO)OC[C@@H]1O. The first-order valence-electron chi connectivity index (χ1n) is 11.1. The fourth-order valence-corrected chi connectivity index (χ4v) is 3.54. The van der Waals surface area contributed by atoms with Crippen LogP contribution < -0.4 is 0 Å². The van der Waals surface area contributed by atoms with Gasteiger partial charge in [0.2, 0.25) is 0 Å². The van der Waals surface area contributed by atoms with Gasteiger partial charge in [0.25, 0.3) is 0 Å². The van der Waals surface area contributed by atoms with Gasteiger partial charge in [-0.1, -0.05) is 83.3 Å². The molecule has 3 N–H and O–H groups in total. The molecule has 27 heavy (non-hydrogen) atoms. The summed E-state index contributed by atoms with van der Waals surface area (Å²) in [4.78, 5) is 0. The molecule has 0 bridgehead atoms. The van der Waals surface area contributed by atoms with Gasteiger partial charge in [0.15, 0.2) is 0 Å². The van der Waals surface area contributed by atoms with Crippen LogP contribution in [0.4, 0.5) is 0 Å². The van der Waals surface area contributed by atoms with Crippen LogP contribution in [0.3, 0.4) is 0 Å². The molecule has 5 nitrogen and oxygen atoms in total. The molecule has 0 aromatic rings. The van der Waals surface area contributed by atoms with E-state index in [1.807, 2.05) is 6.08 Å². The minimum atomic E-state index is -1.02. The van der Waals surface area contributed by atoms with E-state index in [1.165, 1.54) is 70.6 Å². The van der Waals surface area contributed by atoms with Crippen molar-refractivity contribution in [3.63, 3.8) is 0 Å². The molecule has 0 aliphatic carbocycles. The summed E-state index contributed by atoms with van der Waals surface area (Å²) in [6.07, 6.45) is 17.0. The van der Waals surface area contributed by atoms with Crippen LogP contribution in [0.25, 0.3) is 0 Å². The van der Waals surface area contributed by atoms with Crippen LogP contribution in [0.2, 0.25) is 0 Å². The predicted molar refractivity (Wildman–Crippen MR) is 109 cm³/mol. The lowest BCUT2D eigenvalue weighted by Gasteiger charge is -2.23. The van der Waals surface area contributed by atoms with Crippen molar-refractivity contribution in [3.05, 3.63) is 12.2 Å². The van der Waals surface area contributed by atoms with Crippen LogP contribution in [0.1, 0.15) is 84.0 Å². The smallest absolute Gasteiger partial charge is 0.115 e. The predicted octanol–water partition coefficient (Wildman–Crippen LogP) is 3.74. The van der Waals surface area contributed by atoms with Gasteiger partial charge in [-0.3, -0.25) is 0 Å². The highest BCUT2D eigenvalue weighted by molar-refractivity contribution is 4.91. The lowest BCUT2D eigenvalue weighted by Crippen LogP contribution is -2.42. The molecule has 1 rings (SSSR count). The zero-order valence-corrected chi connectivity index (χ0v) is 17.2. The highest BCUT2D eigenvalue weighted by Crippen LogP contribution is 2.21. The Morgan fingerprint density at radius 3 is 2.15 bits per heavy atom. The Morgan fingerprint density at radius 2 is 1.56 bits per heavy atom. The Kier molecular flexibility index (Phi) is 15.0. The number of hydrogen-bond donors (Lipinski definition) is 3. The lowest BCUT2D eigenvalue weighted by atomic mass is 10.1. The maximum atomic E-state index is 9.85. The number of ether oxygens (including phenoxy) is 2. The van der Waals surface area contributed by atoms with Crippen LogP contribution in [0.5, 0.6) is 0 Å². The van der Waals surface area contributed by atoms with Crippen LogP contribution in [-0.2, 0) is 9.47 Å². The zero-order valence-electron chi connectivity index (χ0n) is 17.2. The molecular weight excluding hydrogens is 344 g/mol. The van der Waals surface area contributed by atoms with Gasteiger partial charge in [0.05, 0.1) is 19.8 Å². The second-order valence-corrected chi connectivity index (χ2v) is 7.71. The van der Waals surface area contributed by atoms with E-state index < -0.39 is 31.0 Å². The third-order valence-electron chi connectivity index (χ3n) is 5.25. The summed E-state index contributed by atoms with van der Waals surface area (Å²) in [6, 6.07) is 0. The Balaban J connectivity index is 1.93. The molecule has 1 aliphatic heterocycles. The zero-order chi connectivity index (χ0) is 19.7. The Morgan fingerprint density at radius 1 is 0.963 bits per heavy atom. The summed E-state index contributed by atoms with van der Waals surface area (Å²) in [5.41, 5.74) is 0. The molecule has 4 atom stereocenters. The van der Waals surface area contributed by atoms with E-state index in [0.29, 0.717) is 6.61 Å². The maximum Gasteiger partial charge on any atom is 0.115 e. The van der Waals surface area contributed by atoms with Crippen molar-refractivity contribution in [2.45, 2.75) is 108 Å². The first kappa shape index (κ1) is 24.6. The van der Waals surface area contributed by atoms with E-state index in [9.17, 15) is 10.2 Å². The van der Waals surface area contributed by atoms with Gasteiger partial charge in [-0.05, 0) is 12.8 Å². The maximum absolute atomic E-state index is 9.85. The number of hydrogen-bond acceptors (Lipinski definition) is 5. The van der Waals surface area contributed by atoms with Gasteiger partial charge < -0.3 is 24.8 Å². The van der Waals surface area contributed by atoms with Gasteiger partial charge in [-0.25, -0.2) is 0 Å². The fraction of sp³-hybridized carbons (Fsp3) is 0.909. The highest BCUT2D eigenvalue weighted by Gasteiger charge is 2.40. The van der Waals surface area contributed by atoms with Gasteiger partial charge in [0.1, 0.15) is 24.4 Å². The normalized spacial score (nSPS) is 24.1. The lowest BCUT2D eigenvalue weighted by molar-refractivity contribution is -0.0879. The summed E-state index contributed by atoms with van der Waals surface area (Å²) < 4.78 is 10.9. The summed E-state index contributed by atoms with van der Waals surface area (Å²) >= 11 is 0. The number of rotatable bonds is 17. The topological polar surface area (TPSA) is 79.2 Å². The number of aliphatic hydroxyl groups excluding tert-OH is 3. The van der Waals surface area contributed by atoms with Gasteiger partial charge in [-0.15, -0.1) is 0 Å². The van der Waals surface area contributed by atoms with Gasteiger partial charge in [0, 0.05) is 0 Å². The first-order valence-corrected chi connectivity index (χ1v) is 11.1. The van der Waals surface area contributed by atoms with Crippen molar-refractivity contribution in [2.75, 3.05) is 19.8 Å². The standard InChI is InChI=1S/C22H42O5/c1-2-3-4-5-6-7-8-9-10-11-12-13-14-15-16-26-22-20(25)18-27-21(22)19(24)17-23/h14-15,19-25H,2-13,16-18H2,1H3/b15-14+/t19-,20+,21-,22-/m1/s1. The molecule has 0 amide bonds. The Hall–Kier alpha value is -0.460. The summed E-state index contributed by atoms with van der Waals surface area (Å²) in [5, 5.41) is 28.6. The fourth-order valence-electron chi connectivity index (χ4n) is 3.54. The average Bonchev–Trinajstić information content (AvgIpc) is 3.04. The second kappa shape index (κ2) is 16.5. The monoisotopic (exact) mass is 386 g/mol. The third kappa shape index (κ3) is 11.2. The molecule has 0 unspecified atom stereocenters. The molecule has 0 radical (unpaired) electrons. The quantitative estimate of drug-likeness (QED) is 0.262. The number of allylic oxidation sites excluding steroid dienone is 1. The van der Waals surface area contributed by atoms with E-state index in [4.69, 9.17) is 14.6 Å². The number of aliphatic hydroxyl groups is 3. The molecule has 0 aromatic carbocycles. The van der Waals surface area contributed by atoms with Crippen molar-refractivity contribution < 1.29 is 24.8 Å². The van der Waals surface area contributed by atoms with Crippen molar-refractivity contribution in [3.8, 4) is 0 Å². The minimum absolute atomic E-state index is 0.134. The molecule has 1 aliphatic rings. The molecule has 1 saturated heterocycles. The average molecular weight is 387 g/mol. The Labute approximate surface area is 165 Å². The summed E-state index contributed by atoms with van der Waals surface area (Å²) in [6.45, 7) is 2.38. The third-order valence-corrected chi connectivity index (χ3v) is 5.25. The first-order chi connectivity index (χ1) is 13.2. The largest absolute Gasteiger partial charge is 0.394 e. The highest BCUT2D eigenvalue weighted by atomic mass is 16.6. The van der Waals surface area contributed by atoms with Crippen molar-refractivity contribution in [2.24, 2.45) is 0 Å². The molecule has 5 heteroatoms. The van der Waals surface area contributed by atoms with Crippen molar-refractivity contribution in [1.29, 1.82) is 0 Å². The minimum Gasteiger partial charge on any atom is -0.394 e. The van der Waals surface area contributed by atoms with Crippen LogP contribution in [0.15, 0.2) is 12.2 Å². The van der Waals surface area contributed by atoms with E-state index in [2.05, 4.69) is 13.0 Å². The molecule has 0 saturated carbocycles.